The molecule has 1 saturated heterocycles. The maximum atomic E-state index is 15.5. The summed E-state index contributed by atoms with van der Waals surface area (Å²) >= 11 is 0. The van der Waals surface area contributed by atoms with Crippen molar-refractivity contribution in [1.29, 1.82) is 5.26 Å². The number of hydrogen-bond acceptors (Lipinski definition) is 5. The lowest BCUT2D eigenvalue weighted by Gasteiger charge is -2.45. The Hall–Kier alpha value is -1.84. The second kappa shape index (κ2) is 8.01. The van der Waals surface area contributed by atoms with E-state index in [-0.39, 0.29) is 35.9 Å². The van der Waals surface area contributed by atoms with Crippen LogP contribution in [0.25, 0.3) is 0 Å². The molecule has 0 spiro atoms. The van der Waals surface area contributed by atoms with Gasteiger partial charge in [0.05, 0.1) is 30.3 Å². The van der Waals surface area contributed by atoms with Gasteiger partial charge in [0, 0.05) is 19.1 Å². The number of fused-ring (bicyclic) bond motifs is 3. The molecule has 1 aromatic rings. The minimum Gasteiger partial charge on any atom is -0.493 e. The van der Waals surface area contributed by atoms with Crippen LogP contribution in [0.1, 0.15) is 70.0 Å². The highest BCUT2D eigenvalue weighted by atomic mass is 19.1. The highest BCUT2D eigenvalue weighted by molar-refractivity contribution is 5.51. The Morgan fingerprint density at radius 1 is 1.30 bits per heavy atom. The fourth-order valence-corrected chi connectivity index (χ4v) is 5.06. The van der Waals surface area contributed by atoms with E-state index in [4.69, 9.17) is 14.2 Å². The molecule has 1 aromatic carbocycles. The summed E-state index contributed by atoms with van der Waals surface area (Å²) in [5.41, 5.74) is 1.11. The van der Waals surface area contributed by atoms with E-state index < -0.39 is 5.41 Å². The number of halogens is 1. The SMILES string of the molecule is COc1cc2c(c(F)c1OCC1(C#N)CCC1)CCN1CC(OC(C)(C)C)CCC21. The first kappa shape index (κ1) is 21.4. The van der Waals surface area contributed by atoms with Gasteiger partial charge >= 0.3 is 0 Å². The molecule has 1 aliphatic carbocycles. The minimum atomic E-state index is -0.477. The van der Waals surface area contributed by atoms with Crippen LogP contribution in [0.5, 0.6) is 11.5 Å². The zero-order valence-corrected chi connectivity index (χ0v) is 18.6. The van der Waals surface area contributed by atoms with Crippen LogP contribution in [0.15, 0.2) is 6.07 Å². The summed E-state index contributed by atoms with van der Waals surface area (Å²) < 4.78 is 33.1. The molecule has 0 bridgehead atoms. The van der Waals surface area contributed by atoms with Crippen LogP contribution in [-0.2, 0) is 11.2 Å². The van der Waals surface area contributed by atoms with E-state index in [1.54, 1.807) is 7.11 Å². The largest absolute Gasteiger partial charge is 0.493 e. The zero-order chi connectivity index (χ0) is 21.5. The number of ether oxygens (including phenoxy) is 3. The normalized spacial score (nSPS) is 25.5. The van der Waals surface area contributed by atoms with Gasteiger partial charge in [0.15, 0.2) is 17.3 Å². The van der Waals surface area contributed by atoms with Crippen molar-refractivity contribution in [2.24, 2.45) is 5.41 Å². The Kier molecular flexibility index (Phi) is 5.71. The van der Waals surface area contributed by atoms with Crippen molar-refractivity contribution < 1.29 is 18.6 Å². The quantitative estimate of drug-likeness (QED) is 0.691. The van der Waals surface area contributed by atoms with Crippen LogP contribution in [-0.4, -0.2) is 43.4 Å². The Balaban J connectivity index is 1.55. The van der Waals surface area contributed by atoms with Crippen molar-refractivity contribution in [2.75, 3.05) is 26.8 Å². The van der Waals surface area contributed by atoms with Crippen LogP contribution < -0.4 is 9.47 Å². The maximum Gasteiger partial charge on any atom is 0.197 e. The molecule has 2 heterocycles. The summed E-state index contributed by atoms with van der Waals surface area (Å²) in [6.07, 6.45) is 5.41. The van der Waals surface area contributed by atoms with Crippen molar-refractivity contribution >= 4 is 0 Å². The lowest BCUT2D eigenvalue weighted by molar-refractivity contribution is -0.0972. The summed E-state index contributed by atoms with van der Waals surface area (Å²) in [4.78, 5) is 2.42. The summed E-state index contributed by atoms with van der Waals surface area (Å²) in [6.45, 7) is 8.17. The Bertz CT molecular complexity index is 838. The van der Waals surface area contributed by atoms with Gasteiger partial charge in [-0.3, -0.25) is 4.90 Å². The average molecular weight is 417 g/mol. The molecular weight excluding hydrogens is 383 g/mol. The Morgan fingerprint density at radius 2 is 2.07 bits per heavy atom. The van der Waals surface area contributed by atoms with E-state index in [0.717, 1.165) is 56.3 Å². The molecule has 0 radical (unpaired) electrons. The summed E-state index contributed by atoms with van der Waals surface area (Å²) in [5, 5.41) is 9.45. The summed E-state index contributed by atoms with van der Waals surface area (Å²) in [6, 6.07) is 4.49. The number of methoxy groups -OCH3 is 1. The molecule has 164 valence electrons. The van der Waals surface area contributed by atoms with Crippen LogP contribution in [0.4, 0.5) is 4.39 Å². The van der Waals surface area contributed by atoms with Gasteiger partial charge in [-0.1, -0.05) is 6.42 Å². The molecule has 3 aliphatic rings. The third kappa shape index (κ3) is 4.02. The molecule has 2 aliphatic heterocycles. The van der Waals surface area contributed by atoms with Crippen LogP contribution in [0.2, 0.25) is 0 Å². The monoisotopic (exact) mass is 416 g/mol. The zero-order valence-electron chi connectivity index (χ0n) is 18.6. The van der Waals surface area contributed by atoms with Crippen molar-refractivity contribution in [3.05, 3.63) is 23.0 Å². The molecule has 0 N–H and O–H groups in total. The molecule has 6 heteroatoms. The van der Waals surface area contributed by atoms with Crippen LogP contribution >= 0.6 is 0 Å². The van der Waals surface area contributed by atoms with Gasteiger partial charge < -0.3 is 14.2 Å². The number of nitrogens with zero attached hydrogens (tertiary/aromatic N) is 2. The Labute approximate surface area is 179 Å². The molecule has 30 heavy (non-hydrogen) atoms. The molecule has 2 unspecified atom stereocenters. The van der Waals surface area contributed by atoms with Gasteiger partial charge in [0.25, 0.3) is 0 Å². The predicted molar refractivity (Wildman–Crippen MR) is 112 cm³/mol. The highest BCUT2D eigenvalue weighted by Gasteiger charge is 2.40. The van der Waals surface area contributed by atoms with Crippen molar-refractivity contribution in [1.82, 2.24) is 4.90 Å². The molecule has 1 saturated carbocycles. The molecule has 2 atom stereocenters. The predicted octanol–water partition coefficient (Wildman–Crippen LogP) is 4.78. The van der Waals surface area contributed by atoms with Crippen molar-refractivity contribution in [3.8, 4) is 17.6 Å². The van der Waals surface area contributed by atoms with E-state index in [2.05, 4.69) is 31.7 Å². The van der Waals surface area contributed by atoms with Gasteiger partial charge in [-0.2, -0.15) is 5.26 Å². The summed E-state index contributed by atoms with van der Waals surface area (Å²) in [5.74, 6) is 0.272. The average Bonchev–Trinajstić information content (AvgIpc) is 2.66. The van der Waals surface area contributed by atoms with Crippen LogP contribution in [0, 0.1) is 22.6 Å². The minimum absolute atomic E-state index is 0.159. The van der Waals surface area contributed by atoms with Gasteiger partial charge in [-0.25, -0.2) is 4.39 Å². The van der Waals surface area contributed by atoms with Gasteiger partial charge in [-0.15, -0.1) is 0 Å². The van der Waals surface area contributed by atoms with E-state index in [0.29, 0.717) is 12.2 Å². The standard InChI is InChI=1S/C24H33FN2O3/c1-23(2,3)30-16-6-7-19-18-12-20(28-4)22(29-15-24(14-26)9-5-10-24)21(25)17(18)8-11-27(19)13-16/h12,16,19H,5-11,13,15H2,1-4H3. The number of benzene rings is 1. The molecular formula is C24H33FN2O3. The topological polar surface area (TPSA) is 54.7 Å². The van der Waals surface area contributed by atoms with Gasteiger partial charge in [0.1, 0.15) is 6.61 Å². The number of rotatable bonds is 5. The molecule has 4 rings (SSSR count). The Morgan fingerprint density at radius 3 is 2.67 bits per heavy atom. The third-order valence-corrected chi connectivity index (χ3v) is 6.75. The smallest absolute Gasteiger partial charge is 0.197 e. The van der Waals surface area contributed by atoms with Gasteiger partial charge in [-0.05, 0) is 70.1 Å². The molecule has 0 amide bonds. The molecule has 2 fully saturated rings. The highest BCUT2D eigenvalue weighted by Crippen LogP contribution is 2.46. The second-order valence-electron chi connectivity index (χ2n) is 10.0. The molecule has 0 aromatic heterocycles. The van der Waals surface area contributed by atoms with E-state index >= 15 is 4.39 Å². The fourth-order valence-electron chi connectivity index (χ4n) is 5.06. The lowest BCUT2D eigenvalue weighted by Crippen LogP contribution is -2.47. The second-order valence-corrected chi connectivity index (χ2v) is 10.0. The van der Waals surface area contributed by atoms with Gasteiger partial charge in [0.2, 0.25) is 0 Å². The lowest BCUT2D eigenvalue weighted by atomic mass is 9.71. The molecule has 5 nitrogen and oxygen atoms in total. The van der Waals surface area contributed by atoms with Crippen molar-refractivity contribution in [2.45, 2.75) is 77.0 Å². The van der Waals surface area contributed by atoms with E-state index in [1.165, 1.54) is 0 Å². The van der Waals surface area contributed by atoms with Crippen molar-refractivity contribution in [3.63, 3.8) is 0 Å². The van der Waals surface area contributed by atoms with Crippen LogP contribution in [0.3, 0.4) is 0 Å². The summed E-state index contributed by atoms with van der Waals surface area (Å²) in [7, 11) is 1.55. The third-order valence-electron chi connectivity index (χ3n) is 6.75. The maximum absolute atomic E-state index is 15.5. The fraction of sp³-hybridized carbons (Fsp3) is 0.708. The number of nitriles is 1. The first-order valence-corrected chi connectivity index (χ1v) is 11.1. The van der Waals surface area contributed by atoms with E-state index in [1.807, 2.05) is 6.07 Å². The first-order valence-electron chi connectivity index (χ1n) is 11.1. The number of hydrogen-bond donors (Lipinski definition) is 0. The first-order chi connectivity index (χ1) is 14.3. The van der Waals surface area contributed by atoms with E-state index in [9.17, 15) is 5.26 Å². The number of piperidine rings is 1.